The van der Waals surface area contributed by atoms with Crippen LogP contribution in [0.3, 0.4) is 0 Å². The highest BCUT2D eigenvalue weighted by Crippen LogP contribution is 2.30. The molecule has 3 nitrogen and oxygen atoms in total. The van der Waals surface area contributed by atoms with Crippen molar-refractivity contribution >= 4 is 22.6 Å². The summed E-state index contributed by atoms with van der Waals surface area (Å²) in [7, 11) is 0. The van der Waals surface area contributed by atoms with Gasteiger partial charge >= 0.3 is 0 Å². The molecule has 1 atom stereocenters. The van der Waals surface area contributed by atoms with E-state index in [1.165, 1.54) is 6.07 Å². The zero-order valence-electron chi connectivity index (χ0n) is 12.0. The molecule has 0 radical (unpaired) electrons. The lowest BCUT2D eigenvalue weighted by Gasteiger charge is -2.33. The smallest absolute Gasteiger partial charge is 0.153 e. The standard InChI is InChI=1S/C15H18ClF2N3/c1-2-20-5-3-4-11(9-20)21-13-7-10(17)6-12(18)15(13)19-14(21)8-16/h6-7,11H,2-5,8-9H2,1H3. The van der Waals surface area contributed by atoms with Gasteiger partial charge in [0.25, 0.3) is 0 Å². The highest BCUT2D eigenvalue weighted by molar-refractivity contribution is 6.16. The van der Waals surface area contributed by atoms with Crippen LogP contribution in [0.25, 0.3) is 11.0 Å². The van der Waals surface area contributed by atoms with Crippen molar-refractivity contribution in [2.75, 3.05) is 19.6 Å². The normalized spacial score (nSPS) is 20.3. The van der Waals surface area contributed by atoms with Crippen molar-refractivity contribution in [2.24, 2.45) is 0 Å². The first-order chi connectivity index (χ1) is 10.1. The number of benzene rings is 1. The number of hydrogen-bond donors (Lipinski definition) is 0. The molecule has 21 heavy (non-hydrogen) atoms. The number of rotatable bonds is 3. The van der Waals surface area contributed by atoms with Crippen LogP contribution >= 0.6 is 11.6 Å². The minimum atomic E-state index is -0.627. The zero-order valence-corrected chi connectivity index (χ0v) is 12.7. The van der Waals surface area contributed by atoms with Crippen molar-refractivity contribution in [3.63, 3.8) is 0 Å². The average molecular weight is 314 g/mol. The molecule has 1 unspecified atom stereocenters. The molecule has 1 aromatic heterocycles. The maximum absolute atomic E-state index is 13.9. The minimum absolute atomic E-state index is 0.165. The first kappa shape index (κ1) is 14.7. The molecule has 1 aliphatic heterocycles. The molecule has 1 aliphatic rings. The predicted octanol–water partition coefficient (Wildman–Crippen LogP) is 3.71. The molecule has 6 heteroatoms. The van der Waals surface area contributed by atoms with E-state index >= 15 is 0 Å². The monoisotopic (exact) mass is 313 g/mol. The third-order valence-corrected chi connectivity index (χ3v) is 4.44. The average Bonchev–Trinajstić information content (AvgIpc) is 2.86. The minimum Gasteiger partial charge on any atom is -0.322 e. The van der Waals surface area contributed by atoms with Crippen molar-refractivity contribution < 1.29 is 8.78 Å². The van der Waals surface area contributed by atoms with Gasteiger partial charge in [0.15, 0.2) is 5.82 Å². The number of likely N-dealkylation sites (N-methyl/N-ethyl adjacent to an activating group) is 1. The molecule has 1 saturated heterocycles. The van der Waals surface area contributed by atoms with Gasteiger partial charge in [-0.3, -0.25) is 0 Å². The van der Waals surface area contributed by atoms with Crippen molar-refractivity contribution in [3.05, 3.63) is 29.6 Å². The number of piperidine rings is 1. The van der Waals surface area contributed by atoms with E-state index < -0.39 is 11.6 Å². The second-order valence-electron chi connectivity index (χ2n) is 5.48. The van der Waals surface area contributed by atoms with Gasteiger partial charge in [0, 0.05) is 18.7 Å². The van der Waals surface area contributed by atoms with Crippen LogP contribution < -0.4 is 0 Å². The second-order valence-corrected chi connectivity index (χ2v) is 5.74. The molecule has 0 N–H and O–H groups in total. The summed E-state index contributed by atoms with van der Waals surface area (Å²) in [5.74, 6) is -0.402. The van der Waals surface area contributed by atoms with Gasteiger partial charge in [-0.15, -0.1) is 11.6 Å². The van der Waals surface area contributed by atoms with Crippen molar-refractivity contribution in [1.29, 1.82) is 0 Å². The lowest BCUT2D eigenvalue weighted by atomic mass is 10.1. The summed E-state index contributed by atoms with van der Waals surface area (Å²) in [6.45, 7) is 5.03. The molecule has 0 aliphatic carbocycles. The van der Waals surface area contributed by atoms with E-state index in [0.717, 1.165) is 38.5 Å². The van der Waals surface area contributed by atoms with Gasteiger partial charge in [-0.1, -0.05) is 6.92 Å². The first-order valence-corrected chi connectivity index (χ1v) is 7.81. The van der Waals surface area contributed by atoms with Gasteiger partial charge < -0.3 is 9.47 Å². The summed E-state index contributed by atoms with van der Waals surface area (Å²) < 4.78 is 29.4. The molecule has 114 valence electrons. The third-order valence-electron chi connectivity index (χ3n) is 4.20. The lowest BCUT2D eigenvalue weighted by Crippen LogP contribution is -2.36. The van der Waals surface area contributed by atoms with Crippen LogP contribution in [0, 0.1) is 11.6 Å². The molecule has 1 aromatic carbocycles. The number of imidazole rings is 1. The van der Waals surface area contributed by atoms with E-state index in [2.05, 4.69) is 16.8 Å². The van der Waals surface area contributed by atoms with Gasteiger partial charge in [0.1, 0.15) is 17.2 Å². The fraction of sp³-hybridized carbons (Fsp3) is 0.533. The second kappa shape index (κ2) is 5.89. The van der Waals surface area contributed by atoms with Gasteiger partial charge in [0.05, 0.1) is 11.4 Å². The fourth-order valence-corrected chi connectivity index (χ4v) is 3.39. The van der Waals surface area contributed by atoms with Gasteiger partial charge in [-0.2, -0.15) is 0 Å². The van der Waals surface area contributed by atoms with Gasteiger partial charge in [0.2, 0.25) is 0 Å². The van der Waals surface area contributed by atoms with E-state index in [1.54, 1.807) is 0 Å². The van der Waals surface area contributed by atoms with Crippen molar-refractivity contribution in [3.8, 4) is 0 Å². The van der Waals surface area contributed by atoms with Crippen LogP contribution in [0.4, 0.5) is 8.78 Å². The number of likely N-dealkylation sites (tertiary alicyclic amines) is 1. The summed E-state index contributed by atoms with van der Waals surface area (Å²) in [4.78, 5) is 6.61. The maximum atomic E-state index is 13.9. The SMILES string of the molecule is CCN1CCCC(n2c(CCl)nc3c(F)cc(F)cc32)C1. The van der Waals surface area contributed by atoms with E-state index in [4.69, 9.17) is 11.6 Å². The van der Waals surface area contributed by atoms with Crippen LogP contribution in [0.15, 0.2) is 12.1 Å². The molecular weight excluding hydrogens is 296 g/mol. The lowest BCUT2D eigenvalue weighted by molar-refractivity contribution is 0.186. The number of nitrogens with zero attached hydrogens (tertiary/aromatic N) is 3. The van der Waals surface area contributed by atoms with Crippen LogP contribution in [-0.4, -0.2) is 34.1 Å². The van der Waals surface area contributed by atoms with Crippen molar-refractivity contribution in [2.45, 2.75) is 31.7 Å². The molecule has 3 rings (SSSR count). The van der Waals surface area contributed by atoms with E-state index in [1.807, 2.05) is 4.57 Å². The Morgan fingerprint density at radius 3 is 2.90 bits per heavy atom. The zero-order chi connectivity index (χ0) is 15.0. The highest BCUT2D eigenvalue weighted by atomic mass is 35.5. The number of alkyl halides is 1. The first-order valence-electron chi connectivity index (χ1n) is 7.28. The van der Waals surface area contributed by atoms with Crippen molar-refractivity contribution in [1.82, 2.24) is 14.5 Å². The van der Waals surface area contributed by atoms with Crippen LogP contribution in [0.1, 0.15) is 31.6 Å². The Labute approximate surface area is 127 Å². The topological polar surface area (TPSA) is 21.1 Å². The molecular formula is C15H18ClF2N3. The molecule has 1 fully saturated rings. The number of hydrogen-bond acceptors (Lipinski definition) is 2. The predicted molar refractivity (Wildman–Crippen MR) is 79.6 cm³/mol. The summed E-state index contributed by atoms with van der Waals surface area (Å²) in [5, 5.41) is 0. The molecule has 2 aromatic rings. The Bertz CT molecular complexity index is 656. The Morgan fingerprint density at radius 1 is 1.38 bits per heavy atom. The Morgan fingerprint density at radius 2 is 2.19 bits per heavy atom. The number of halogens is 3. The Balaban J connectivity index is 2.11. The number of fused-ring (bicyclic) bond motifs is 1. The summed E-state index contributed by atoms with van der Waals surface area (Å²) in [6, 6.07) is 2.39. The van der Waals surface area contributed by atoms with Crippen LogP contribution in [0.2, 0.25) is 0 Å². The van der Waals surface area contributed by atoms with E-state index in [9.17, 15) is 8.78 Å². The van der Waals surface area contributed by atoms with Crippen LogP contribution in [-0.2, 0) is 5.88 Å². The van der Waals surface area contributed by atoms with Gasteiger partial charge in [-0.05, 0) is 32.0 Å². The summed E-state index contributed by atoms with van der Waals surface area (Å²) in [6.07, 6.45) is 2.04. The maximum Gasteiger partial charge on any atom is 0.153 e. The Kier molecular flexibility index (Phi) is 4.13. The molecule has 0 amide bonds. The van der Waals surface area contributed by atoms with Crippen LogP contribution in [0.5, 0.6) is 0 Å². The molecule has 0 bridgehead atoms. The van der Waals surface area contributed by atoms with Gasteiger partial charge in [-0.25, -0.2) is 13.8 Å². The largest absolute Gasteiger partial charge is 0.322 e. The third kappa shape index (κ3) is 2.64. The van der Waals surface area contributed by atoms with E-state index in [0.29, 0.717) is 11.3 Å². The number of aromatic nitrogens is 2. The summed E-state index contributed by atoms with van der Waals surface area (Å²) in [5.41, 5.74) is 0.715. The highest BCUT2D eigenvalue weighted by Gasteiger charge is 2.25. The molecule has 0 saturated carbocycles. The summed E-state index contributed by atoms with van der Waals surface area (Å²) >= 11 is 5.97. The quantitative estimate of drug-likeness (QED) is 0.805. The Hall–Kier alpha value is -1.20. The fourth-order valence-electron chi connectivity index (χ4n) is 3.20. The molecule has 0 spiro atoms. The molecule has 2 heterocycles. The van der Waals surface area contributed by atoms with E-state index in [-0.39, 0.29) is 17.4 Å².